The Balaban J connectivity index is 1.16. The van der Waals surface area contributed by atoms with Crippen LogP contribution in [0.2, 0.25) is 0 Å². The van der Waals surface area contributed by atoms with Crippen LogP contribution in [0.5, 0.6) is 0 Å². The first-order valence-electron chi connectivity index (χ1n) is 23.5. The Morgan fingerprint density at radius 1 is 0.862 bits per heavy atom. The minimum absolute atomic E-state index is 0.0272. The van der Waals surface area contributed by atoms with Crippen LogP contribution in [0.1, 0.15) is 107 Å². The van der Waals surface area contributed by atoms with E-state index in [1.165, 1.54) is 0 Å². The number of aliphatic hydroxyl groups is 9. The molecule has 7 rings (SSSR count). The summed E-state index contributed by atoms with van der Waals surface area (Å²) >= 11 is 0. The highest BCUT2D eigenvalue weighted by atomic mass is 16.7. The van der Waals surface area contributed by atoms with Crippen molar-refractivity contribution >= 4 is 17.7 Å². The first-order chi connectivity index (χ1) is 30.3. The van der Waals surface area contributed by atoms with Crippen molar-refractivity contribution in [3.63, 3.8) is 0 Å². The third-order valence-electron chi connectivity index (χ3n) is 18.8. The van der Waals surface area contributed by atoms with Crippen LogP contribution in [0.25, 0.3) is 0 Å². The maximum Gasteiger partial charge on any atom is 0.335 e. The molecule has 18 heteroatoms. The second kappa shape index (κ2) is 17.7. The number of aliphatic hydroxyl groups excluding tert-OH is 9. The fourth-order valence-corrected chi connectivity index (χ4v) is 14.4. The monoisotopic (exact) mass is 926 g/mol. The van der Waals surface area contributed by atoms with Gasteiger partial charge in [0.25, 0.3) is 0 Å². The summed E-state index contributed by atoms with van der Waals surface area (Å²) in [6.45, 7) is 14.5. The summed E-state index contributed by atoms with van der Waals surface area (Å²) in [6, 6.07) is 0. The van der Waals surface area contributed by atoms with Gasteiger partial charge in [0.15, 0.2) is 12.4 Å². The maximum absolute atomic E-state index is 13.1. The summed E-state index contributed by atoms with van der Waals surface area (Å²) in [7, 11) is 0. The molecule has 18 nitrogen and oxygen atoms in total. The van der Waals surface area contributed by atoms with Gasteiger partial charge in [0, 0.05) is 10.8 Å². The molecular weight excluding hydrogens is 852 g/mol. The van der Waals surface area contributed by atoms with Crippen molar-refractivity contribution in [2.45, 2.75) is 186 Å². The van der Waals surface area contributed by atoms with Crippen molar-refractivity contribution in [2.24, 2.45) is 56.2 Å². The number of aliphatic carboxylic acids is 1. The second-order valence-corrected chi connectivity index (χ2v) is 22.3. The molecule has 0 aromatic carbocycles. The quantitative estimate of drug-likeness (QED) is 0.0770. The number of rotatable bonds is 11. The Morgan fingerprint density at radius 3 is 2.14 bits per heavy atom. The number of esters is 1. The van der Waals surface area contributed by atoms with E-state index in [9.17, 15) is 65.4 Å². The molecule has 0 spiro atoms. The average Bonchev–Trinajstić information content (AvgIpc) is 3.25. The Kier molecular flexibility index (Phi) is 13.8. The van der Waals surface area contributed by atoms with Gasteiger partial charge in [-0.15, -0.1) is 0 Å². The molecule has 5 aliphatic carbocycles. The molecule has 0 unspecified atom stereocenters. The highest BCUT2D eigenvalue weighted by Crippen LogP contribution is 2.76. The highest BCUT2D eigenvalue weighted by Gasteiger charge is 2.73. The number of carbonyl (C=O) groups is 3. The van der Waals surface area contributed by atoms with E-state index in [4.69, 9.17) is 23.7 Å². The lowest BCUT2D eigenvalue weighted by Crippen LogP contribution is -2.72. The number of ketones is 1. The van der Waals surface area contributed by atoms with Crippen LogP contribution in [0.4, 0.5) is 0 Å². The van der Waals surface area contributed by atoms with Crippen LogP contribution in [0.15, 0.2) is 11.6 Å². The normalized spacial score (nSPS) is 51.0. The molecule has 0 bridgehead atoms. The lowest BCUT2D eigenvalue weighted by molar-refractivity contribution is -0.347. The van der Waals surface area contributed by atoms with E-state index in [1.807, 2.05) is 27.7 Å². The van der Waals surface area contributed by atoms with Crippen LogP contribution in [-0.2, 0) is 38.1 Å². The van der Waals surface area contributed by atoms with Gasteiger partial charge in [-0.25, -0.2) is 4.79 Å². The Morgan fingerprint density at radius 2 is 1.54 bits per heavy atom. The van der Waals surface area contributed by atoms with E-state index < -0.39 is 149 Å². The van der Waals surface area contributed by atoms with Gasteiger partial charge in [0.05, 0.1) is 43.4 Å². The molecule has 0 radical (unpaired) electrons. The first kappa shape index (κ1) is 50.7. The van der Waals surface area contributed by atoms with Crippen molar-refractivity contribution in [3.05, 3.63) is 11.6 Å². The van der Waals surface area contributed by atoms with Crippen molar-refractivity contribution in [1.29, 1.82) is 0 Å². The Hall–Kier alpha value is -2.17. The number of hydrogen-bond donors (Lipinski definition) is 10. The van der Waals surface area contributed by atoms with Gasteiger partial charge in [-0.05, 0) is 85.4 Å². The molecule has 0 amide bonds. The van der Waals surface area contributed by atoms with E-state index in [1.54, 1.807) is 6.92 Å². The van der Waals surface area contributed by atoms with Gasteiger partial charge in [0.1, 0.15) is 48.8 Å². The lowest BCUT2D eigenvalue weighted by Gasteiger charge is -2.72. The highest BCUT2D eigenvalue weighted by molar-refractivity contribution is 5.87. The molecule has 10 N–H and O–H groups in total. The van der Waals surface area contributed by atoms with Crippen molar-refractivity contribution in [3.8, 4) is 0 Å². The van der Waals surface area contributed by atoms with E-state index >= 15 is 0 Å². The Labute approximate surface area is 380 Å². The molecule has 6 fully saturated rings. The summed E-state index contributed by atoms with van der Waals surface area (Å²) in [5.74, 6) is -4.18. The molecule has 2 saturated heterocycles. The number of carboxylic acid groups (broad SMARTS) is 1. The van der Waals surface area contributed by atoms with Crippen molar-refractivity contribution < 1.29 is 89.1 Å². The number of hydrogen-bond acceptors (Lipinski definition) is 17. The predicted molar refractivity (Wildman–Crippen MR) is 226 cm³/mol. The number of Topliss-reactive ketones (excluding diaryl/α,β-unsaturated/α-hetero) is 1. The topological polar surface area (TPSA) is 300 Å². The van der Waals surface area contributed by atoms with Crippen LogP contribution in [0, 0.1) is 56.2 Å². The van der Waals surface area contributed by atoms with Gasteiger partial charge in [-0.1, -0.05) is 67.0 Å². The largest absolute Gasteiger partial charge is 0.479 e. The zero-order valence-corrected chi connectivity index (χ0v) is 38.9. The summed E-state index contributed by atoms with van der Waals surface area (Å²) in [6.07, 6.45) is -14.8. The minimum Gasteiger partial charge on any atom is -0.479 e. The van der Waals surface area contributed by atoms with E-state index in [2.05, 4.69) is 26.8 Å². The molecule has 370 valence electrons. The molecule has 0 aromatic heterocycles. The summed E-state index contributed by atoms with van der Waals surface area (Å²) in [5.41, 5.74) is -3.37. The van der Waals surface area contributed by atoms with Crippen LogP contribution in [-0.4, -0.2) is 168 Å². The van der Waals surface area contributed by atoms with Gasteiger partial charge in [0.2, 0.25) is 12.1 Å². The van der Waals surface area contributed by atoms with Crippen molar-refractivity contribution in [2.75, 3.05) is 19.8 Å². The summed E-state index contributed by atoms with van der Waals surface area (Å²) < 4.78 is 29.2. The number of allylic oxidation sites excluding steroid dienone is 2. The molecule has 22 atom stereocenters. The van der Waals surface area contributed by atoms with Crippen LogP contribution >= 0.6 is 0 Å². The fraction of sp³-hybridized carbons (Fsp3) is 0.894. The van der Waals surface area contributed by atoms with E-state index in [0.717, 1.165) is 5.57 Å². The maximum atomic E-state index is 13.1. The third-order valence-corrected chi connectivity index (χ3v) is 18.8. The fourth-order valence-electron chi connectivity index (χ4n) is 14.4. The summed E-state index contributed by atoms with van der Waals surface area (Å²) in [4.78, 5) is 38.4. The van der Waals surface area contributed by atoms with Gasteiger partial charge in [-0.2, -0.15) is 0 Å². The van der Waals surface area contributed by atoms with Gasteiger partial charge in [-0.3, -0.25) is 9.59 Å². The third kappa shape index (κ3) is 7.50. The molecule has 4 saturated carbocycles. The van der Waals surface area contributed by atoms with Gasteiger partial charge >= 0.3 is 11.9 Å². The van der Waals surface area contributed by atoms with Gasteiger partial charge < -0.3 is 74.7 Å². The second-order valence-electron chi connectivity index (χ2n) is 22.3. The van der Waals surface area contributed by atoms with E-state index in [0.29, 0.717) is 44.9 Å². The molecule has 65 heavy (non-hydrogen) atoms. The SMILES string of the molecule is CC[C@H](C)C(=O)O[C@H]1[C@H](O)[C@]2(CO)[C@@H](O)C[C@]3(C)C(=CC[C@@H]4[C@@]5(C)CC[C@H](O[C@@H]6O[C@H](C(=O)O)[C@@H](O)[C@H](O[C@@H]7O[C@H](CO)[C@@H](O)[C@H](O)C7=O)[C@H]6O)[C@@](C)(CO)[C@@H]5CC[C@]43C)[C@@H]2CC1(C)C. The molecule has 0 aromatic rings. The lowest BCUT2D eigenvalue weighted by atomic mass is 9.33. The molecular formula is C47H74O18. The number of fused-ring (bicyclic) bond motifs is 7. The zero-order valence-electron chi connectivity index (χ0n) is 38.9. The molecule has 7 aliphatic rings. The molecule has 2 heterocycles. The smallest absolute Gasteiger partial charge is 0.335 e. The van der Waals surface area contributed by atoms with Crippen LogP contribution < -0.4 is 0 Å². The number of carboxylic acids is 1. The number of ether oxygens (including phenoxy) is 5. The number of carbonyl (C=O) groups excluding carboxylic acids is 2. The minimum atomic E-state index is -2.06. The van der Waals surface area contributed by atoms with Crippen molar-refractivity contribution in [1.82, 2.24) is 0 Å². The average molecular weight is 927 g/mol. The predicted octanol–water partition coefficient (Wildman–Crippen LogP) is 0.572. The zero-order chi connectivity index (χ0) is 48.1. The van der Waals surface area contributed by atoms with E-state index in [-0.39, 0.29) is 30.8 Å². The Bertz CT molecular complexity index is 1840. The first-order valence-corrected chi connectivity index (χ1v) is 23.5. The standard InChI is InChI=1S/C47H74O18/c1-9-21(2)39(60)65-37-36(57)47(20-50)23(16-42(37,3)4)22-10-11-26-43(5)14-13-28(44(6,19-49)25(43)12-15-45(26,7)46(22,8)17-27(47)51)62-41-33(56)34(32(55)35(64-41)38(58)59)63-40-31(54)30(53)29(52)24(18-48)61-40/h10,21,23-30,32-37,40-41,48-53,55-57H,9,11-20H2,1-8H3,(H,58,59)/t21-,23-,24+,25+,26+,27-,28-,29+,30-,32-,33+,34-,35-,36-,37-,40-,41+,43-,44-,45+,46+,47-/m0/s1. The molecule has 2 aliphatic heterocycles. The summed E-state index contributed by atoms with van der Waals surface area (Å²) in [5, 5.41) is 110. The van der Waals surface area contributed by atoms with Crippen LogP contribution in [0.3, 0.4) is 0 Å².